The van der Waals surface area contributed by atoms with Gasteiger partial charge in [-0.3, -0.25) is 9.59 Å². The van der Waals surface area contributed by atoms with Gasteiger partial charge in [0.15, 0.2) is 11.6 Å². The van der Waals surface area contributed by atoms with Gasteiger partial charge >= 0.3 is 0 Å². The van der Waals surface area contributed by atoms with Crippen LogP contribution in [0.25, 0.3) is 16.3 Å². The van der Waals surface area contributed by atoms with Gasteiger partial charge in [0.2, 0.25) is 0 Å². The molecule has 3 aromatic carbocycles. The fourth-order valence-electron chi connectivity index (χ4n) is 4.47. The van der Waals surface area contributed by atoms with Crippen LogP contribution < -0.4 is 0 Å². The summed E-state index contributed by atoms with van der Waals surface area (Å²) in [6, 6.07) is 20.8. The van der Waals surface area contributed by atoms with Gasteiger partial charge in [-0.2, -0.15) is 0 Å². The van der Waals surface area contributed by atoms with E-state index in [9.17, 15) is 9.59 Å². The van der Waals surface area contributed by atoms with Gasteiger partial charge < -0.3 is 0 Å². The number of hydrogen-bond donors (Lipinski definition) is 0. The predicted octanol–water partition coefficient (Wildman–Crippen LogP) is 7.21. The van der Waals surface area contributed by atoms with Crippen LogP contribution in [-0.2, 0) is 6.42 Å². The monoisotopic (exact) mass is 396 g/mol. The SMILES string of the molecule is CC(=O)c1ccc2c(c1)CCC(C)=C(c1ccc3ccccc3c1)CCCCC2=O. The molecule has 152 valence electrons. The second-order valence-electron chi connectivity index (χ2n) is 8.38. The molecule has 0 N–H and O–H groups in total. The second-order valence-corrected chi connectivity index (χ2v) is 8.38. The molecule has 1 aliphatic rings. The zero-order chi connectivity index (χ0) is 21.1. The van der Waals surface area contributed by atoms with E-state index in [1.807, 2.05) is 12.1 Å². The third kappa shape index (κ3) is 4.28. The molecule has 0 spiro atoms. The molecule has 0 fully saturated rings. The van der Waals surface area contributed by atoms with Crippen LogP contribution in [0.15, 0.2) is 66.2 Å². The van der Waals surface area contributed by atoms with Crippen molar-refractivity contribution < 1.29 is 9.59 Å². The smallest absolute Gasteiger partial charge is 0.163 e. The van der Waals surface area contributed by atoms with Crippen LogP contribution in [0, 0.1) is 0 Å². The quantitative estimate of drug-likeness (QED) is 0.429. The Bertz CT molecular complexity index is 1150. The molecule has 0 heterocycles. The van der Waals surface area contributed by atoms with Crippen LogP contribution in [0.4, 0.5) is 0 Å². The van der Waals surface area contributed by atoms with Crippen molar-refractivity contribution in [2.45, 2.75) is 52.4 Å². The van der Waals surface area contributed by atoms with Crippen LogP contribution in [0.1, 0.15) is 77.8 Å². The summed E-state index contributed by atoms with van der Waals surface area (Å²) in [5.74, 6) is 0.246. The first-order chi connectivity index (χ1) is 14.5. The lowest BCUT2D eigenvalue weighted by Crippen LogP contribution is -2.06. The molecule has 0 saturated carbocycles. The molecule has 30 heavy (non-hydrogen) atoms. The predicted molar refractivity (Wildman–Crippen MR) is 124 cm³/mol. The van der Waals surface area contributed by atoms with E-state index in [2.05, 4.69) is 49.4 Å². The molecule has 4 rings (SSSR count). The van der Waals surface area contributed by atoms with E-state index in [4.69, 9.17) is 0 Å². The Balaban J connectivity index is 1.72. The largest absolute Gasteiger partial charge is 0.295 e. The van der Waals surface area contributed by atoms with Gasteiger partial charge in [-0.05, 0) is 85.6 Å². The lowest BCUT2D eigenvalue weighted by molar-refractivity contribution is 0.0975. The minimum Gasteiger partial charge on any atom is -0.295 e. The van der Waals surface area contributed by atoms with Gasteiger partial charge in [0, 0.05) is 17.5 Å². The molecule has 0 saturated heterocycles. The van der Waals surface area contributed by atoms with Crippen molar-refractivity contribution in [3.8, 4) is 0 Å². The van der Waals surface area contributed by atoms with Crippen molar-refractivity contribution in [3.63, 3.8) is 0 Å². The Kier molecular flexibility index (Phi) is 5.94. The maximum Gasteiger partial charge on any atom is 0.163 e. The first kappa shape index (κ1) is 20.3. The van der Waals surface area contributed by atoms with Crippen molar-refractivity contribution in [3.05, 3.63) is 88.5 Å². The molecule has 3 aromatic rings. The summed E-state index contributed by atoms with van der Waals surface area (Å²) in [6.07, 6.45) is 5.13. The number of Topliss-reactive ketones (excluding diaryl/α,β-unsaturated/α-hetero) is 2. The highest BCUT2D eigenvalue weighted by molar-refractivity contribution is 6.00. The molecule has 0 aromatic heterocycles. The van der Waals surface area contributed by atoms with E-state index >= 15 is 0 Å². The van der Waals surface area contributed by atoms with Crippen molar-refractivity contribution in [2.75, 3.05) is 0 Å². The van der Waals surface area contributed by atoms with E-state index in [1.54, 1.807) is 13.0 Å². The fourth-order valence-corrected chi connectivity index (χ4v) is 4.47. The van der Waals surface area contributed by atoms with Crippen molar-refractivity contribution in [2.24, 2.45) is 0 Å². The van der Waals surface area contributed by atoms with Crippen LogP contribution in [0.2, 0.25) is 0 Å². The summed E-state index contributed by atoms with van der Waals surface area (Å²) in [5, 5.41) is 2.52. The van der Waals surface area contributed by atoms with Crippen LogP contribution in [0.3, 0.4) is 0 Å². The van der Waals surface area contributed by atoms with Gasteiger partial charge in [0.25, 0.3) is 0 Å². The minimum absolute atomic E-state index is 0.0451. The maximum atomic E-state index is 12.8. The highest BCUT2D eigenvalue weighted by Crippen LogP contribution is 2.31. The van der Waals surface area contributed by atoms with Gasteiger partial charge in [-0.25, -0.2) is 0 Å². The summed E-state index contributed by atoms with van der Waals surface area (Å²) in [4.78, 5) is 24.7. The number of benzene rings is 3. The van der Waals surface area contributed by atoms with Gasteiger partial charge in [-0.1, -0.05) is 54.1 Å². The zero-order valence-electron chi connectivity index (χ0n) is 17.8. The molecule has 0 radical (unpaired) electrons. The number of hydrogen-bond acceptors (Lipinski definition) is 2. The molecule has 2 heteroatoms. The highest BCUT2D eigenvalue weighted by atomic mass is 16.1. The van der Waals surface area contributed by atoms with E-state index in [0.717, 1.165) is 43.2 Å². The minimum atomic E-state index is 0.0451. The molecule has 1 aliphatic carbocycles. The van der Waals surface area contributed by atoms with E-state index in [0.29, 0.717) is 12.0 Å². The number of aryl methyl sites for hydroxylation is 1. The topological polar surface area (TPSA) is 34.1 Å². The van der Waals surface area contributed by atoms with Crippen LogP contribution in [0.5, 0.6) is 0 Å². The molecule has 0 amide bonds. The molecular weight excluding hydrogens is 368 g/mol. The Hall–Kier alpha value is -3.00. The van der Waals surface area contributed by atoms with E-state index in [-0.39, 0.29) is 11.6 Å². The molecule has 0 bridgehead atoms. The van der Waals surface area contributed by atoms with Gasteiger partial charge in [0.05, 0.1) is 0 Å². The number of ketones is 2. The summed E-state index contributed by atoms with van der Waals surface area (Å²) in [6.45, 7) is 3.80. The summed E-state index contributed by atoms with van der Waals surface area (Å²) in [5.41, 5.74) is 6.55. The number of carbonyl (C=O) groups is 2. The highest BCUT2D eigenvalue weighted by Gasteiger charge is 2.16. The molecular formula is C28H28O2. The lowest BCUT2D eigenvalue weighted by atomic mass is 9.91. The number of rotatable bonds is 2. The fraction of sp³-hybridized carbons (Fsp3) is 0.286. The molecule has 0 atom stereocenters. The van der Waals surface area contributed by atoms with Gasteiger partial charge in [0.1, 0.15) is 0 Å². The molecule has 0 aliphatic heterocycles. The van der Waals surface area contributed by atoms with E-state index in [1.165, 1.54) is 27.5 Å². The third-order valence-corrected chi connectivity index (χ3v) is 6.28. The summed E-state index contributed by atoms with van der Waals surface area (Å²) >= 11 is 0. The first-order valence-electron chi connectivity index (χ1n) is 10.9. The average molecular weight is 397 g/mol. The van der Waals surface area contributed by atoms with E-state index < -0.39 is 0 Å². The van der Waals surface area contributed by atoms with Crippen LogP contribution >= 0.6 is 0 Å². The summed E-state index contributed by atoms with van der Waals surface area (Å²) < 4.78 is 0. The third-order valence-electron chi connectivity index (χ3n) is 6.28. The lowest BCUT2D eigenvalue weighted by Gasteiger charge is -2.14. The number of fused-ring (bicyclic) bond motifs is 2. The Morgan fingerprint density at radius 3 is 2.37 bits per heavy atom. The normalized spacial score (nSPS) is 15.6. The van der Waals surface area contributed by atoms with Gasteiger partial charge in [-0.15, -0.1) is 0 Å². The van der Waals surface area contributed by atoms with Crippen LogP contribution in [-0.4, -0.2) is 11.6 Å². The summed E-state index contributed by atoms with van der Waals surface area (Å²) in [7, 11) is 0. The van der Waals surface area contributed by atoms with Crippen molar-refractivity contribution in [1.82, 2.24) is 0 Å². The Morgan fingerprint density at radius 2 is 1.57 bits per heavy atom. The first-order valence-corrected chi connectivity index (χ1v) is 10.9. The molecule has 2 nitrogen and oxygen atoms in total. The van der Waals surface area contributed by atoms with Crippen molar-refractivity contribution >= 4 is 27.9 Å². The Morgan fingerprint density at radius 1 is 0.800 bits per heavy atom. The second kappa shape index (κ2) is 8.79. The van der Waals surface area contributed by atoms with Crippen molar-refractivity contribution in [1.29, 1.82) is 0 Å². The standard InChI is InChI=1S/C28H28O2/c1-19-11-12-25-17-22(20(2)29)15-16-27(25)28(30)10-6-5-9-26(19)24-14-13-21-7-3-4-8-23(21)18-24/h3-4,7-8,13-18H,5-6,9-12H2,1-2H3. The zero-order valence-corrected chi connectivity index (χ0v) is 17.8. The molecule has 0 unspecified atom stereocenters. The number of allylic oxidation sites excluding steroid dienone is 2. The average Bonchev–Trinajstić information content (AvgIpc) is 2.78. The Labute approximate surface area is 178 Å². The maximum absolute atomic E-state index is 12.8. The number of carbonyl (C=O) groups excluding carboxylic acids is 2.